The molecule has 3 aromatic rings. The molecule has 1 fully saturated rings. The summed E-state index contributed by atoms with van der Waals surface area (Å²) in [5.41, 5.74) is -0.253. The largest absolute Gasteiger partial charge is 0.497 e. The van der Waals surface area contributed by atoms with Gasteiger partial charge in [0.1, 0.15) is 16.0 Å². The average molecular weight is 553 g/mol. The molecule has 1 atom stereocenters. The topological polar surface area (TPSA) is 166 Å². The quantitative estimate of drug-likeness (QED) is 0.326. The van der Waals surface area contributed by atoms with Crippen molar-refractivity contribution in [2.45, 2.75) is 32.9 Å². The molecule has 1 aliphatic heterocycles. The Morgan fingerprint density at radius 2 is 1.75 bits per heavy atom. The zero-order chi connectivity index (χ0) is 26.1. The highest BCUT2D eigenvalue weighted by atomic mass is 32.2. The van der Waals surface area contributed by atoms with Crippen LogP contribution < -0.4 is 10.1 Å². The number of nitrogens with zero attached hydrogens (tertiary/aromatic N) is 3. The molecular formula is C21H20N4O8S3. The summed E-state index contributed by atoms with van der Waals surface area (Å²) < 4.78 is 57.9. The molecule has 15 heteroatoms. The molecule has 2 aromatic carbocycles. The van der Waals surface area contributed by atoms with Crippen molar-refractivity contribution in [2.24, 2.45) is 0 Å². The number of sulfonamides is 1. The van der Waals surface area contributed by atoms with E-state index in [2.05, 4.69) is 10.3 Å². The zero-order valence-corrected chi connectivity index (χ0v) is 21.2. The first-order valence-electron chi connectivity index (χ1n) is 10.5. The van der Waals surface area contributed by atoms with E-state index < -0.39 is 36.7 Å². The van der Waals surface area contributed by atoms with Gasteiger partial charge < -0.3 is 10.1 Å². The van der Waals surface area contributed by atoms with Crippen LogP contribution in [0.15, 0.2) is 68.7 Å². The first kappa shape index (κ1) is 25.7. The highest BCUT2D eigenvalue weighted by Gasteiger charge is 2.39. The summed E-state index contributed by atoms with van der Waals surface area (Å²) in [5.74, 6) is -0.133. The predicted molar refractivity (Wildman–Crippen MR) is 129 cm³/mol. The summed E-state index contributed by atoms with van der Waals surface area (Å²) in [7, 11) is -6.52. The van der Waals surface area contributed by atoms with Gasteiger partial charge in [0.2, 0.25) is 25.8 Å². The van der Waals surface area contributed by atoms with Crippen LogP contribution in [0.2, 0.25) is 0 Å². The van der Waals surface area contributed by atoms with Gasteiger partial charge in [0, 0.05) is 18.7 Å². The minimum absolute atomic E-state index is 0.0193. The van der Waals surface area contributed by atoms with Crippen molar-refractivity contribution in [1.29, 1.82) is 0 Å². The molecule has 1 N–H and O–H groups in total. The molecule has 1 unspecified atom stereocenters. The van der Waals surface area contributed by atoms with Crippen LogP contribution in [0.1, 0.15) is 12.8 Å². The number of thiazole rings is 1. The number of sulfone groups is 1. The number of anilines is 1. The Kier molecular flexibility index (Phi) is 7.08. The standard InChI is InChI=1S/C21H20N4O8S3/c1-33-15-6-10-17(11-7-15)36(31,32)24-12-2-3-18(24)20(26)23-21-22-13-19(34-21)35(29,30)16-8-4-14(5-9-16)25(27)28/h4-11,13,18H,2-3,12H2,1H3,(H,22,23,26). The average Bonchev–Trinajstić information content (AvgIpc) is 3.55. The van der Waals surface area contributed by atoms with E-state index in [0.29, 0.717) is 29.9 Å². The molecule has 1 amide bonds. The lowest BCUT2D eigenvalue weighted by atomic mass is 10.2. The molecule has 1 aliphatic rings. The summed E-state index contributed by atoms with van der Waals surface area (Å²) in [6, 6.07) is 9.23. The minimum atomic E-state index is -4.03. The number of nitro groups is 1. The van der Waals surface area contributed by atoms with Gasteiger partial charge in [0.05, 0.1) is 28.0 Å². The molecule has 36 heavy (non-hydrogen) atoms. The van der Waals surface area contributed by atoms with Gasteiger partial charge in [0.25, 0.3) is 5.69 Å². The number of amides is 1. The van der Waals surface area contributed by atoms with Gasteiger partial charge in [-0.2, -0.15) is 4.31 Å². The fourth-order valence-corrected chi connectivity index (χ4v) is 7.76. The summed E-state index contributed by atoms with van der Waals surface area (Å²) in [4.78, 5) is 26.9. The smallest absolute Gasteiger partial charge is 0.269 e. The van der Waals surface area contributed by atoms with Crippen molar-refractivity contribution in [3.8, 4) is 5.75 Å². The summed E-state index contributed by atoms with van der Waals surface area (Å²) in [6.07, 6.45) is 1.84. The van der Waals surface area contributed by atoms with Crippen LogP contribution >= 0.6 is 11.3 Å². The molecule has 0 aliphatic carbocycles. The Labute approximate surface area is 210 Å². The molecule has 0 bridgehead atoms. The maximum absolute atomic E-state index is 13.1. The monoisotopic (exact) mass is 552 g/mol. The lowest BCUT2D eigenvalue weighted by molar-refractivity contribution is -0.384. The van der Waals surface area contributed by atoms with Crippen LogP contribution in [-0.4, -0.2) is 56.7 Å². The number of nitrogens with one attached hydrogen (secondary N) is 1. The van der Waals surface area contributed by atoms with Gasteiger partial charge in [-0.05, 0) is 49.2 Å². The van der Waals surface area contributed by atoms with Gasteiger partial charge in [-0.25, -0.2) is 21.8 Å². The fourth-order valence-electron chi connectivity index (χ4n) is 3.67. The van der Waals surface area contributed by atoms with E-state index in [-0.39, 0.29) is 31.4 Å². The highest BCUT2D eigenvalue weighted by Crippen LogP contribution is 2.31. The van der Waals surface area contributed by atoms with Gasteiger partial charge in [-0.3, -0.25) is 14.9 Å². The van der Waals surface area contributed by atoms with Crippen molar-refractivity contribution in [2.75, 3.05) is 19.0 Å². The van der Waals surface area contributed by atoms with Crippen LogP contribution in [0.3, 0.4) is 0 Å². The van der Waals surface area contributed by atoms with Crippen LogP contribution in [0, 0.1) is 10.1 Å². The molecule has 1 saturated heterocycles. The number of aromatic nitrogens is 1. The molecule has 0 saturated carbocycles. The van der Waals surface area contributed by atoms with Crippen molar-refractivity contribution in [1.82, 2.24) is 9.29 Å². The number of rotatable bonds is 8. The molecule has 1 aromatic heterocycles. The number of non-ortho nitro benzene ring substituents is 1. The Bertz CT molecular complexity index is 1500. The minimum Gasteiger partial charge on any atom is -0.497 e. The fraction of sp³-hybridized carbons (Fsp3) is 0.238. The molecule has 0 spiro atoms. The van der Waals surface area contributed by atoms with E-state index in [4.69, 9.17) is 4.74 Å². The molecule has 2 heterocycles. The maximum Gasteiger partial charge on any atom is 0.269 e. The maximum atomic E-state index is 13.1. The van der Waals surface area contributed by atoms with Crippen molar-refractivity contribution in [3.05, 3.63) is 64.8 Å². The lowest BCUT2D eigenvalue weighted by Gasteiger charge is -2.23. The molecule has 190 valence electrons. The van der Waals surface area contributed by atoms with Crippen molar-refractivity contribution < 1.29 is 31.3 Å². The van der Waals surface area contributed by atoms with Crippen LogP contribution in [0.25, 0.3) is 0 Å². The molecule has 0 radical (unpaired) electrons. The lowest BCUT2D eigenvalue weighted by Crippen LogP contribution is -2.43. The van der Waals surface area contributed by atoms with Crippen molar-refractivity contribution >= 4 is 47.9 Å². The van der Waals surface area contributed by atoms with Gasteiger partial charge in [0.15, 0.2) is 5.13 Å². The van der Waals surface area contributed by atoms with E-state index in [9.17, 15) is 31.7 Å². The van der Waals surface area contributed by atoms with Crippen LogP contribution in [0.5, 0.6) is 5.75 Å². The van der Waals surface area contributed by atoms with Gasteiger partial charge in [-0.15, -0.1) is 0 Å². The van der Waals surface area contributed by atoms with Gasteiger partial charge in [-0.1, -0.05) is 11.3 Å². The number of carbonyl (C=O) groups excluding carboxylic acids is 1. The Morgan fingerprint density at radius 3 is 2.36 bits per heavy atom. The SMILES string of the molecule is COc1ccc(S(=O)(=O)N2CCCC2C(=O)Nc2ncc(S(=O)(=O)c3ccc([N+](=O)[O-])cc3)s2)cc1. The zero-order valence-electron chi connectivity index (χ0n) is 18.7. The summed E-state index contributed by atoms with van der Waals surface area (Å²) >= 11 is 0.695. The predicted octanol–water partition coefficient (Wildman–Crippen LogP) is 2.68. The Balaban J connectivity index is 1.50. The molecular weight excluding hydrogens is 532 g/mol. The number of carbonyl (C=O) groups is 1. The van der Waals surface area contributed by atoms with E-state index in [1.54, 1.807) is 0 Å². The highest BCUT2D eigenvalue weighted by molar-refractivity contribution is 7.93. The summed E-state index contributed by atoms with van der Waals surface area (Å²) in [6.45, 7) is 0.157. The first-order chi connectivity index (χ1) is 17.0. The van der Waals surface area contributed by atoms with Crippen molar-refractivity contribution in [3.63, 3.8) is 0 Å². The third-order valence-electron chi connectivity index (χ3n) is 5.51. The number of nitro benzene ring substituents is 1. The number of benzene rings is 2. The second kappa shape index (κ2) is 9.93. The van der Waals surface area contributed by atoms with Crippen LogP contribution in [-0.2, 0) is 24.7 Å². The van der Waals surface area contributed by atoms with E-state index >= 15 is 0 Å². The van der Waals surface area contributed by atoms with E-state index in [1.807, 2.05) is 0 Å². The third-order valence-corrected chi connectivity index (χ3v) is 10.6. The first-order valence-corrected chi connectivity index (χ1v) is 14.2. The Hall–Kier alpha value is -3.40. The van der Waals surface area contributed by atoms with E-state index in [0.717, 1.165) is 34.8 Å². The number of hydrogen-bond acceptors (Lipinski definition) is 10. The second-order valence-electron chi connectivity index (χ2n) is 7.68. The molecule has 4 rings (SSSR count). The van der Waals surface area contributed by atoms with Crippen LogP contribution in [0.4, 0.5) is 10.8 Å². The number of methoxy groups -OCH3 is 1. The Morgan fingerprint density at radius 1 is 1.11 bits per heavy atom. The summed E-state index contributed by atoms with van der Waals surface area (Å²) in [5, 5.41) is 13.3. The number of ether oxygens (including phenoxy) is 1. The van der Waals surface area contributed by atoms with E-state index in [1.165, 1.54) is 31.4 Å². The number of hydrogen-bond donors (Lipinski definition) is 1. The third kappa shape index (κ3) is 4.95. The second-order valence-corrected chi connectivity index (χ2v) is 12.8. The normalized spacial score (nSPS) is 16.5. The molecule has 12 nitrogen and oxygen atoms in total. The van der Waals surface area contributed by atoms with Gasteiger partial charge >= 0.3 is 0 Å².